The number of hydrogen-bond donors (Lipinski definition) is 1. The van der Waals surface area contributed by atoms with Crippen LogP contribution in [0.4, 0.5) is 11.4 Å². The molecule has 9 heteroatoms. The van der Waals surface area contributed by atoms with Gasteiger partial charge in [0, 0.05) is 47.2 Å². The van der Waals surface area contributed by atoms with Gasteiger partial charge in [-0.1, -0.05) is 35.9 Å². The molecule has 4 heterocycles. The highest BCUT2D eigenvalue weighted by Gasteiger charge is 2.16. The van der Waals surface area contributed by atoms with Gasteiger partial charge in [-0.3, -0.25) is 9.88 Å². The van der Waals surface area contributed by atoms with Crippen LogP contribution in [0.15, 0.2) is 81.6 Å². The number of benzene rings is 2. The van der Waals surface area contributed by atoms with Crippen molar-refractivity contribution in [1.82, 2.24) is 19.4 Å². The molecular weight excluding hydrogens is 528 g/mol. The monoisotopic (exact) mass is 554 g/mol. The summed E-state index contributed by atoms with van der Waals surface area (Å²) in [5.41, 5.74) is 3.66. The van der Waals surface area contributed by atoms with Crippen LogP contribution >= 0.6 is 23.4 Å². The number of aromatic nitrogens is 3. The molecule has 0 amide bonds. The fourth-order valence-corrected chi connectivity index (χ4v) is 5.98. The first-order valence-electron chi connectivity index (χ1n) is 12.9. The minimum absolute atomic E-state index is 0.458. The summed E-state index contributed by atoms with van der Waals surface area (Å²) >= 11 is 8.12. The molecule has 2 aromatic carbocycles. The summed E-state index contributed by atoms with van der Waals surface area (Å²) < 4.78 is 8.15. The Balaban J connectivity index is 1.25. The topological polar surface area (TPSA) is 82.9 Å². The van der Waals surface area contributed by atoms with Crippen molar-refractivity contribution in [2.45, 2.75) is 35.9 Å². The third kappa shape index (κ3) is 5.52. The number of furan rings is 1. The van der Waals surface area contributed by atoms with Crippen molar-refractivity contribution in [3.63, 3.8) is 0 Å². The number of aryl methyl sites for hydroxylation is 1. The minimum atomic E-state index is 0.458. The molecule has 0 spiro atoms. The van der Waals surface area contributed by atoms with Crippen molar-refractivity contribution in [1.29, 1.82) is 5.26 Å². The fourth-order valence-electron chi connectivity index (χ4n) is 4.88. The van der Waals surface area contributed by atoms with Crippen LogP contribution < -0.4 is 5.32 Å². The van der Waals surface area contributed by atoms with Gasteiger partial charge in [-0.2, -0.15) is 5.26 Å². The summed E-state index contributed by atoms with van der Waals surface area (Å²) in [6.45, 7) is 3.10. The van der Waals surface area contributed by atoms with Crippen LogP contribution in [0, 0.1) is 11.3 Å². The Hall–Kier alpha value is -3.77. The van der Waals surface area contributed by atoms with Gasteiger partial charge in [0.05, 0.1) is 28.3 Å². The van der Waals surface area contributed by atoms with Crippen molar-refractivity contribution < 1.29 is 4.42 Å². The SMILES string of the molecule is Cn1ccnc1Sc1ccc(Nc2c(C#N)cnc3cc(-c4ccc(CN5CCCCC5)o4)ccc23)cc1Cl. The molecule has 0 radical (unpaired) electrons. The van der Waals surface area contributed by atoms with Gasteiger partial charge in [-0.15, -0.1) is 0 Å². The van der Waals surface area contributed by atoms with Crippen LogP contribution in [0.5, 0.6) is 0 Å². The number of imidazole rings is 1. The molecule has 39 heavy (non-hydrogen) atoms. The quantitative estimate of drug-likeness (QED) is 0.221. The van der Waals surface area contributed by atoms with Crippen molar-refractivity contribution in [3.05, 3.63) is 83.5 Å². The van der Waals surface area contributed by atoms with Crippen molar-refractivity contribution in [3.8, 4) is 17.4 Å². The standard InChI is InChI=1S/C30H27ClN6OS/c1-36-14-11-33-30(36)39-28-10-6-22(16-25(28)31)35-29-21(17-32)18-34-26-15-20(5-8-24(26)29)27-9-7-23(38-27)19-37-12-3-2-4-13-37/h5-11,14-16,18H,2-4,12-13,19H2,1H3,(H,34,35). The first-order chi connectivity index (χ1) is 19.1. The van der Waals surface area contributed by atoms with Gasteiger partial charge in [-0.05, 0) is 68.4 Å². The van der Waals surface area contributed by atoms with Gasteiger partial charge in [0.1, 0.15) is 17.6 Å². The zero-order valence-corrected chi connectivity index (χ0v) is 23.1. The van der Waals surface area contributed by atoms with E-state index in [0.29, 0.717) is 16.3 Å². The molecule has 0 saturated carbocycles. The lowest BCUT2D eigenvalue weighted by atomic mass is 10.1. The Morgan fingerprint density at radius 2 is 1.95 bits per heavy atom. The molecule has 0 bridgehead atoms. The first kappa shape index (κ1) is 25.5. The molecule has 1 fully saturated rings. The van der Waals surface area contributed by atoms with Crippen molar-refractivity contribution in [2.24, 2.45) is 7.05 Å². The lowest BCUT2D eigenvalue weighted by Gasteiger charge is -2.25. The molecular formula is C30H27ClN6OS. The smallest absolute Gasteiger partial charge is 0.172 e. The molecule has 5 aromatic rings. The van der Waals surface area contributed by atoms with Crippen LogP contribution in [0.1, 0.15) is 30.6 Å². The van der Waals surface area contributed by atoms with E-state index in [1.165, 1.54) is 31.0 Å². The van der Waals surface area contributed by atoms with E-state index >= 15 is 0 Å². The maximum atomic E-state index is 9.81. The number of nitriles is 1. The minimum Gasteiger partial charge on any atom is -0.460 e. The average Bonchev–Trinajstić information content (AvgIpc) is 3.59. The third-order valence-electron chi connectivity index (χ3n) is 6.94. The van der Waals surface area contributed by atoms with Crippen molar-refractivity contribution >= 4 is 45.6 Å². The number of halogens is 1. The van der Waals surface area contributed by atoms with Gasteiger partial charge in [0.25, 0.3) is 0 Å². The Morgan fingerprint density at radius 1 is 1.08 bits per heavy atom. The number of nitrogens with one attached hydrogen (secondary N) is 1. The molecule has 6 rings (SSSR count). The highest BCUT2D eigenvalue weighted by Crippen LogP contribution is 2.37. The van der Waals surface area contributed by atoms with E-state index in [2.05, 4.69) is 32.3 Å². The molecule has 7 nitrogen and oxygen atoms in total. The number of nitrogens with zero attached hydrogens (tertiary/aromatic N) is 5. The van der Waals surface area contributed by atoms with Crippen LogP contribution in [0.25, 0.3) is 22.2 Å². The zero-order valence-electron chi connectivity index (χ0n) is 21.5. The fraction of sp³-hybridized carbons (Fsp3) is 0.233. The highest BCUT2D eigenvalue weighted by molar-refractivity contribution is 7.99. The number of piperidine rings is 1. The molecule has 1 aliphatic heterocycles. The van der Waals surface area contributed by atoms with Gasteiger partial charge in [0.2, 0.25) is 0 Å². The largest absolute Gasteiger partial charge is 0.460 e. The lowest BCUT2D eigenvalue weighted by molar-refractivity contribution is 0.206. The van der Waals surface area contributed by atoms with E-state index < -0.39 is 0 Å². The first-order valence-corrected chi connectivity index (χ1v) is 14.1. The van der Waals surface area contributed by atoms with Gasteiger partial charge in [0.15, 0.2) is 5.16 Å². The molecule has 1 saturated heterocycles. The van der Waals surface area contributed by atoms with Crippen molar-refractivity contribution in [2.75, 3.05) is 18.4 Å². The molecule has 1 N–H and O–H groups in total. The Labute approximate surface area is 236 Å². The van der Waals surface area contributed by atoms with Crippen LogP contribution in [0.3, 0.4) is 0 Å². The third-order valence-corrected chi connectivity index (χ3v) is 8.52. The Morgan fingerprint density at radius 3 is 2.72 bits per heavy atom. The number of rotatable bonds is 7. The van der Waals surface area contributed by atoms with Crippen LogP contribution in [-0.2, 0) is 13.6 Å². The maximum Gasteiger partial charge on any atom is 0.172 e. The predicted molar refractivity (Wildman–Crippen MR) is 155 cm³/mol. The highest BCUT2D eigenvalue weighted by atomic mass is 35.5. The molecule has 0 aliphatic carbocycles. The average molecular weight is 555 g/mol. The van der Waals surface area contributed by atoms with E-state index in [1.807, 2.05) is 60.3 Å². The number of fused-ring (bicyclic) bond motifs is 1. The van der Waals surface area contributed by atoms with Crippen LogP contribution in [-0.4, -0.2) is 32.5 Å². The molecule has 0 unspecified atom stereocenters. The molecule has 1 aliphatic rings. The maximum absolute atomic E-state index is 9.81. The Kier molecular flexibility index (Phi) is 7.29. The van der Waals surface area contributed by atoms with E-state index in [0.717, 1.165) is 63.4 Å². The van der Waals surface area contributed by atoms with Gasteiger partial charge in [-0.25, -0.2) is 4.98 Å². The molecule has 3 aromatic heterocycles. The molecule has 196 valence electrons. The summed E-state index contributed by atoms with van der Waals surface area (Å²) in [5.74, 6) is 1.79. The van der Waals surface area contributed by atoms with Crippen LogP contribution in [0.2, 0.25) is 5.02 Å². The predicted octanol–water partition coefficient (Wildman–Crippen LogP) is 7.63. The second kappa shape index (κ2) is 11.1. The van der Waals surface area contributed by atoms with E-state index in [-0.39, 0.29) is 0 Å². The number of pyridine rings is 1. The van der Waals surface area contributed by atoms with E-state index in [4.69, 9.17) is 16.0 Å². The Bertz CT molecular complexity index is 1680. The second-order valence-electron chi connectivity index (χ2n) is 9.69. The number of likely N-dealkylation sites (tertiary alicyclic amines) is 1. The van der Waals surface area contributed by atoms with Gasteiger partial charge >= 0.3 is 0 Å². The van der Waals surface area contributed by atoms with Gasteiger partial charge < -0.3 is 14.3 Å². The second-order valence-corrected chi connectivity index (χ2v) is 11.1. The summed E-state index contributed by atoms with van der Waals surface area (Å²) in [5, 5.41) is 15.5. The normalized spacial score (nSPS) is 14.0. The van der Waals surface area contributed by atoms with E-state index in [9.17, 15) is 5.26 Å². The number of hydrogen-bond acceptors (Lipinski definition) is 7. The molecule has 0 atom stereocenters. The lowest BCUT2D eigenvalue weighted by Crippen LogP contribution is -2.28. The summed E-state index contributed by atoms with van der Waals surface area (Å²) in [7, 11) is 1.95. The summed E-state index contributed by atoms with van der Waals surface area (Å²) in [6.07, 6.45) is 9.09. The summed E-state index contributed by atoms with van der Waals surface area (Å²) in [4.78, 5) is 12.3. The zero-order chi connectivity index (χ0) is 26.8. The summed E-state index contributed by atoms with van der Waals surface area (Å²) in [6, 6.07) is 18.1. The van der Waals surface area contributed by atoms with E-state index in [1.54, 1.807) is 12.4 Å². The number of anilines is 2.